The molecule has 31 heavy (non-hydrogen) atoms. The maximum absolute atomic E-state index is 12.9. The van der Waals surface area contributed by atoms with E-state index < -0.39 is 12.0 Å². The van der Waals surface area contributed by atoms with Crippen molar-refractivity contribution in [2.75, 3.05) is 13.1 Å². The first-order valence-electron chi connectivity index (χ1n) is 10.6. The summed E-state index contributed by atoms with van der Waals surface area (Å²) >= 11 is 0. The van der Waals surface area contributed by atoms with E-state index in [0.29, 0.717) is 24.4 Å². The molecule has 0 saturated carbocycles. The number of hydrogen-bond acceptors (Lipinski definition) is 4. The number of carbonyl (C=O) groups is 2. The van der Waals surface area contributed by atoms with Gasteiger partial charge in [0.25, 0.3) is 11.8 Å². The summed E-state index contributed by atoms with van der Waals surface area (Å²) in [5.74, 6) is 0.282. The molecule has 1 saturated heterocycles. The Morgan fingerprint density at radius 3 is 2.45 bits per heavy atom. The van der Waals surface area contributed by atoms with Gasteiger partial charge in [0, 0.05) is 24.4 Å². The van der Waals surface area contributed by atoms with E-state index in [1.54, 1.807) is 6.92 Å². The Balaban J connectivity index is 1.44. The minimum absolute atomic E-state index is 0.0272. The van der Waals surface area contributed by atoms with Crippen molar-refractivity contribution in [1.82, 2.24) is 9.88 Å². The van der Waals surface area contributed by atoms with Crippen LogP contribution in [-0.4, -0.2) is 40.9 Å². The van der Waals surface area contributed by atoms with Crippen molar-refractivity contribution in [3.05, 3.63) is 71.4 Å². The van der Waals surface area contributed by atoms with Gasteiger partial charge in [0.05, 0.1) is 16.8 Å². The lowest BCUT2D eigenvalue weighted by atomic mass is 9.89. The van der Waals surface area contributed by atoms with Crippen LogP contribution in [0.1, 0.15) is 47.3 Å². The van der Waals surface area contributed by atoms with Crippen LogP contribution in [0.2, 0.25) is 0 Å². The summed E-state index contributed by atoms with van der Waals surface area (Å²) in [6, 6.07) is 17.2. The summed E-state index contributed by atoms with van der Waals surface area (Å²) in [6.07, 6.45) is 0.905. The lowest BCUT2D eigenvalue weighted by molar-refractivity contribution is -0.139. The predicted molar refractivity (Wildman–Crippen MR) is 120 cm³/mol. The molecule has 0 radical (unpaired) electrons. The number of fused-ring (bicyclic) bond motifs is 1. The Bertz CT molecular complexity index is 1100. The molecule has 3 aromatic rings. The maximum atomic E-state index is 12.9. The summed E-state index contributed by atoms with van der Waals surface area (Å²) in [4.78, 5) is 31.5. The topological polar surface area (TPSA) is 85.5 Å². The first-order chi connectivity index (χ1) is 14.9. The Hall–Kier alpha value is -3.41. The number of carbonyl (C=O) groups excluding carboxylic acids is 2. The Morgan fingerprint density at radius 2 is 1.77 bits per heavy atom. The number of primary amides is 1. The van der Waals surface area contributed by atoms with Crippen molar-refractivity contribution in [2.24, 2.45) is 5.73 Å². The fourth-order valence-electron chi connectivity index (χ4n) is 4.14. The second-order valence-corrected chi connectivity index (χ2v) is 8.15. The number of para-hydroxylation sites is 1. The Morgan fingerprint density at radius 1 is 1.10 bits per heavy atom. The lowest BCUT2D eigenvalue weighted by Gasteiger charge is -2.33. The largest absolute Gasteiger partial charge is 0.481 e. The van der Waals surface area contributed by atoms with Gasteiger partial charge >= 0.3 is 0 Å². The van der Waals surface area contributed by atoms with Gasteiger partial charge in [0.15, 0.2) is 6.10 Å². The summed E-state index contributed by atoms with van der Waals surface area (Å²) in [5.41, 5.74) is 8.85. The van der Waals surface area contributed by atoms with Crippen LogP contribution in [0.15, 0.2) is 54.6 Å². The van der Waals surface area contributed by atoms with Crippen LogP contribution >= 0.6 is 0 Å². The molecule has 0 spiro atoms. The number of benzene rings is 2. The molecule has 160 valence electrons. The molecule has 2 heterocycles. The maximum Gasteiger partial charge on any atom is 0.263 e. The van der Waals surface area contributed by atoms with E-state index in [1.807, 2.05) is 66.4 Å². The highest BCUT2D eigenvalue weighted by atomic mass is 16.5. The molecule has 1 aromatic heterocycles. The SMILES string of the molecule is Cc1ccc(OC(C)C(=O)N2CCC(c3nc4ccccc4cc3C(N)=O)CC2)cc1. The van der Waals surface area contributed by atoms with E-state index in [-0.39, 0.29) is 11.8 Å². The number of ether oxygens (including phenoxy) is 1. The van der Waals surface area contributed by atoms with Crippen molar-refractivity contribution < 1.29 is 14.3 Å². The Labute approximate surface area is 182 Å². The molecule has 1 aliphatic heterocycles. The van der Waals surface area contributed by atoms with Gasteiger partial charge in [-0.1, -0.05) is 35.9 Å². The van der Waals surface area contributed by atoms with E-state index in [4.69, 9.17) is 15.5 Å². The van der Waals surface area contributed by atoms with E-state index in [2.05, 4.69) is 0 Å². The van der Waals surface area contributed by atoms with Gasteiger partial charge in [0.2, 0.25) is 0 Å². The zero-order chi connectivity index (χ0) is 22.0. The number of pyridine rings is 1. The molecular weight excluding hydrogens is 390 g/mol. The van der Waals surface area contributed by atoms with Gasteiger partial charge in [-0.05, 0) is 51.0 Å². The number of piperidine rings is 1. The number of nitrogens with zero attached hydrogens (tertiary/aromatic N) is 2. The summed E-state index contributed by atoms with van der Waals surface area (Å²) in [6.45, 7) is 4.98. The van der Waals surface area contributed by atoms with Gasteiger partial charge < -0.3 is 15.4 Å². The first kappa shape index (κ1) is 20.8. The molecule has 4 rings (SSSR count). The van der Waals surface area contributed by atoms with Crippen LogP contribution in [-0.2, 0) is 4.79 Å². The average molecular weight is 418 g/mol. The van der Waals surface area contributed by atoms with Crippen LogP contribution < -0.4 is 10.5 Å². The van der Waals surface area contributed by atoms with Crippen LogP contribution in [0.3, 0.4) is 0 Å². The average Bonchev–Trinajstić information content (AvgIpc) is 2.79. The minimum Gasteiger partial charge on any atom is -0.481 e. The number of aromatic nitrogens is 1. The molecule has 6 nitrogen and oxygen atoms in total. The number of aryl methyl sites for hydroxylation is 1. The van der Waals surface area contributed by atoms with Crippen LogP contribution in [0.5, 0.6) is 5.75 Å². The molecule has 0 bridgehead atoms. The minimum atomic E-state index is -0.556. The molecule has 1 fully saturated rings. The third-order valence-corrected chi connectivity index (χ3v) is 5.89. The summed E-state index contributed by atoms with van der Waals surface area (Å²) in [7, 11) is 0. The smallest absolute Gasteiger partial charge is 0.263 e. The molecule has 2 aromatic carbocycles. The zero-order valence-electron chi connectivity index (χ0n) is 17.9. The number of likely N-dealkylation sites (tertiary alicyclic amines) is 1. The van der Waals surface area contributed by atoms with Gasteiger partial charge in [0.1, 0.15) is 5.75 Å². The van der Waals surface area contributed by atoms with E-state index in [9.17, 15) is 9.59 Å². The Kier molecular flexibility index (Phi) is 5.89. The summed E-state index contributed by atoms with van der Waals surface area (Å²) in [5, 5.41) is 0.898. The second-order valence-electron chi connectivity index (χ2n) is 8.15. The fourth-order valence-corrected chi connectivity index (χ4v) is 4.14. The highest BCUT2D eigenvalue weighted by Gasteiger charge is 2.30. The zero-order valence-corrected chi connectivity index (χ0v) is 17.9. The third-order valence-electron chi connectivity index (χ3n) is 5.89. The van der Waals surface area contributed by atoms with E-state index in [0.717, 1.165) is 35.0 Å². The van der Waals surface area contributed by atoms with E-state index in [1.165, 1.54) is 0 Å². The molecule has 2 amide bonds. The molecule has 1 unspecified atom stereocenters. The predicted octanol–water partition coefficient (Wildman–Crippen LogP) is 3.82. The highest BCUT2D eigenvalue weighted by Crippen LogP contribution is 2.31. The second kappa shape index (κ2) is 8.76. The quantitative estimate of drug-likeness (QED) is 0.684. The van der Waals surface area contributed by atoms with Crippen molar-refractivity contribution >= 4 is 22.7 Å². The van der Waals surface area contributed by atoms with E-state index >= 15 is 0 Å². The normalized spacial score (nSPS) is 15.6. The molecule has 2 N–H and O–H groups in total. The standard InChI is InChI=1S/C25H27N3O3/c1-16-7-9-20(10-8-16)31-17(2)25(30)28-13-11-18(12-14-28)23-21(24(26)29)15-19-5-3-4-6-22(19)27-23/h3-10,15,17-18H,11-14H2,1-2H3,(H2,26,29). The van der Waals surface area contributed by atoms with Gasteiger partial charge in [-0.2, -0.15) is 0 Å². The number of hydrogen-bond donors (Lipinski definition) is 1. The number of nitrogens with two attached hydrogens (primary N) is 1. The first-order valence-corrected chi connectivity index (χ1v) is 10.6. The monoisotopic (exact) mass is 417 g/mol. The van der Waals surface area contributed by atoms with Crippen LogP contribution in [0, 0.1) is 6.92 Å². The molecule has 6 heteroatoms. The molecule has 1 atom stereocenters. The van der Waals surface area contributed by atoms with Crippen molar-refractivity contribution in [3.63, 3.8) is 0 Å². The van der Waals surface area contributed by atoms with Crippen molar-refractivity contribution in [3.8, 4) is 5.75 Å². The number of amides is 2. The van der Waals surface area contributed by atoms with Gasteiger partial charge in [-0.3, -0.25) is 14.6 Å². The number of rotatable bonds is 5. The molecular formula is C25H27N3O3. The third kappa shape index (κ3) is 4.53. The fraction of sp³-hybridized carbons (Fsp3) is 0.320. The van der Waals surface area contributed by atoms with Crippen LogP contribution in [0.4, 0.5) is 0 Å². The van der Waals surface area contributed by atoms with Crippen LogP contribution in [0.25, 0.3) is 10.9 Å². The van der Waals surface area contributed by atoms with Gasteiger partial charge in [-0.15, -0.1) is 0 Å². The van der Waals surface area contributed by atoms with Crippen molar-refractivity contribution in [1.29, 1.82) is 0 Å². The molecule has 0 aliphatic carbocycles. The highest BCUT2D eigenvalue weighted by molar-refractivity contribution is 5.97. The summed E-state index contributed by atoms with van der Waals surface area (Å²) < 4.78 is 5.83. The molecule has 1 aliphatic rings. The van der Waals surface area contributed by atoms with Crippen molar-refractivity contribution in [2.45, 2.75) is 38.7 Å². The van der Waals surface area contributed by atoms with Gasteiger partial charge in [-0.25, -0.2) is 0 Å². The lowest BCUT2D eigenvalue weighted by Crippen LogP contribution is -2.44.